The molecule has 0 aliphatic carbocycles. The summed E-state index contributed by atoms with van der Waals surface area (Å²) in [6.07, 6.45) is 4.19. The van der Waals surface area contributed by atoms with Gasteiger partial charge in [-0.2, -0.15) is 0 Å². The standard InChI is InChI=1S/C32H27N5O3/c38-30(36-40)22-16-17-27-28(18-22)35-31(39)29(34-27)19-26-20-37(21-33-26)32(23-10-4-1-5-11-23,24-12-6-2-7-13-24)25-14-8-3-9-15-25/h1-18,20-21,29,34,40H,19H2,(H,35,39)(H,36,38). The lowest BCUT2D eigenvalue weighted by molar-refractivity contribution is -0.117. The Labute approximate surface area is 231 Å². The van der Waals surface area contributed by atoms with Crippen LogP contribution in [-0.2, 0) is 16.8 Å². The van der Waals surface area contributed by atoms with Gasteiger partial charge in [-0.3, -0.25) is 14.8 Å². The van der Waals surface area contributed by atoms with Crippen LogP contribution < -0.4 is 16.1 Å². The molecule has 6 rings (SSSR count). The summed E-state index contributed by atoms with van der Waals surface area (Å²) in [4.78, 5) is 29.5. The average molecular weight is 530 g/mol. The first-order valence-electron chi connectivity index (χ1n) is 13.0. The van der Waals surface area contributed by atoms with Crippen LogP contribution in [0.15, 0.2) is 122 Å². The molecule has 1 unspecified atom stereocenters. The Kier molecular flexibility index (Phi) is 6.59. The van der Waals surface area contributed by atoms with E-state index in [9.17, 15) is 9.59 Å². The summed E-state index contributed by atoms with van der Waals surface area (Å²) in [6, 6.07) is 35.2. The fourth-order valence-corrected chi connectivity index (χ4v) is 5.44. The van der Waals surface area contributed by atoms with E-state index in [4.69, 9.17) is 10.2 Å². The van der Waals surface area contributed by atoms with Crippen molar-refractivity contribution < 1.29 is 14.8 Å². The van der Waals surface area contributed by atoms with E-state index in [1.165, 1.54) is 6.07 Å². The summed E-state index contributed by atoms with van der Waals surface area (Å²) >= 11 is 0. The number of benzene rings is 4. The third-order valence-electron chi connectivity index (χ3n) is 7.30. The third kappa shape index (κ3) is 4.40. The van der Waals surface area contributed by atoms with Crippen LogP contribution in [-0.4, -0.2) is 32.6 Å². The zero-order valence-corrected chi connectivity index (χ0v) is 21.5. The summed E-state index contributed by atoms with van der Waals surface area (Å²) in [5.74, 6) is -0.882. The molecule has 198 valence electrons. The van der Waals surface area contributed by atoms with E-state index in [-0.39, 0.29) is 11.5 Å². The third-order valence-corrected chi connectivity index (χ3v) is 7.30. The molecular weight excluding hydrogens is 502 g/mol. The molecular formula is C32H27N5O3. The lowest BCUT2D eigenvalue weighted by Gasteiger charge is -2.37. The quantitative estimate of drug-likeness (QED) is 0.137. The summed E-state index contributed by atoms with van der Waals surface area (Å²) in [5, 5.41) is 15.0. The SMILES string of the molecule is O=C(NO)c1ccc2c(c1)NC(=O)C(Cc1cn(C(c3ccccc3)(c3ccccc3)c3ccccc3)cn1)N2. The lowest BCUT2D eigenvalue weighted by Crippen LogP contribution is -2.40. The first-order chi connectivity index (χ1) is 19.6. The van der Waals surface area contributed by atoms with E-state index >= 15 is 0 Å². The van der Waals surface area contributed by atoms with Gasteiger partial charge in [-0.1, -0.05) is 91.0 Å². The molecule has 4 aromatic carbocycles. The molecule has 40 heavy (non-hydrogen) atoms. The van der Waals surface area contributed by atoms with Gasteiger partial charge in [0, 0.05) is 18.2 Å². The van der Waals surface area contributed by atoms with Crippen molar-refractivity contribution in [1.29, 1.82) is 0 Å². The number of nitrogens with zero attached hydrogens (tertiary/aromatic N) is 2. The first-order valence-corrected chi connectivity index (χ1v) is 13.0. The predicted octanol–water partition coefficient (Wildman–Crippen LogP) is 4.82. The van der Waals surface area contributed by atoms with Crippen LogP contribution in [0.5, 0.6) is 0 Å². The highest BCUT2D eigenvalue weighted by molar-refractivity contribution is 6.05. The molecule has 0 radical (unpaired) electrons. The van der Waals surface area contributed by atoms with Crippen LogP contribution in [0, 0.1) is 0 Å². The van der Waals surface area contributed by atoms with E-state index in [0.29, 0.717) is 17.8 Å². The zero-order chi connectivity index (χ0) is 27.5. The molecule has 8 heteroatoms. The molecule has 2 heterocycles. The van der Waals surface area contributed by atoms with Crippen LogP contribution >= 0.6 is 0 Å². The minimum Gasteiger partial charge on any atom is -0.372 e. The lowest BCUT2D eigenvalue weighted by atomic mass is 9.77. The Balaban J connectivity index is 1.38. The molecule has 2 amide bonds. The van der Waals surface area contributed by atoms with Crippen LogP contribution in [0.2, 0.25) is 0 Å². The van der Waals surface area contributed by atoms with E-state index in [1.54, 1.807) is 17.6 Å². The topological polar surface area (TPSA) is 108 Å². The molecule has 1 aromatic heterocycles. The van der Waals surface area contributed by atoms with Gasteiger partial charge in [0.15, 0.2) is 0 Å². The summed E-state index contributed by atoms with van der Waals surface area (Å²) in [6.45, 7) is 0. The molecule has 4 N–H and O–H groups in total. The number of hydrogen-bond acceptors (Lipinski definition) is 5. The first kappa shape index (κ1) is 25.1. The molecule has 0 saturated carbocycles. The minimum absolute atomic E-state index is 0.232. The van der Waals surface area contributed by atoms with Crippen LogP contribution in [0.1, 0.15) is 32.7 Å². The number of anilines is 2. The number of rotatable bonds is 7. The summed E-state index contributed by atoms with van der Waals surface area (Å²) < 4.78 is 2.12. The Morgan fingerprint density at radius 2 is 1.43 bits per heavy atom. The van der Waals surface area contributed by atoms with Crippen molar-refractivity contribution >= 4 is 23.2 Å². The van der Waals surface area contributed by atoms with Crippen LogP contribution in [0.25, 0.3) is 0 Å². The maximum atomic E-state index is 13.0. The molecule has 5 aromatic rings. The Bertz CT molecular complexity index is 1560. The minimum atomic E-state index is -0.687. The second-order valence-electron chi connectivity index (χ2n) is 9.67. The molecule has 1 atom stereocenters. The van der Waals surface area contributed by atoms with Crippen molar-refractivity contribution in [1.82, 2.24) is 15.0 Å². The highest BCUT2D eigenvalue weighted by Crippen LogP contribution is 2.41. The predicted molar refractivity (Wildman–Crippen MR) is 152 cm³/mol. The molecule has 1 aliphatic rings. The Morgan fingerprint density at radius 1 is 0.850 bits per heavy atom. The van der Waals surface area contributed by atoms with Crippen molar-refractivity contribution in [2.45, 2.75) is 18.0 Å². The van der Waals surface area contributed by atoms with Crippen LogP contribution in [0.4, 0.5) is 11.4 Å². The largest absolute Gasteiger partial charge is 0.372 e. The fraction of sp³-hybridized carbons (Fsp3) is 0.0938. The molecule has 0 bridgehead atoms. The van der Waals surface area contributed by atoms with Crippen molar-refractivity contribution in [3.63, 3.8) is 0 Å². The van der Waals surface area contributed by atoms with Gasteiger partial charge in [-0.25, -0.2) is 10.5 Å². The molecule has 1 aliphatic heterocycles. The van der Waals surface area contributed by atoms with Crippen molar-refractivity contribution in [3.8, 4) is 0 Å². The van der Waals surface area contributed by atoms with Crippen molar-refractivity contribution in [3.05, 3.63) is 150 Å². The van der Waals surface area contributed by atoms with E-state index in [2.05, 4.69) is 51.6 Å². The van der Waals surface area contributed by atoms with Gasteiger partial charge in [0.1, 0.15) is 11.6 Å². The second-order valence-corrected chi connectivity index (χ2v) is 9.67. The van der Waals surface area contributed by atoms with Gasteiger partial charge in [0.25, 0.3) is 5.91 Å². The number of aromatic nitrogens is 2. The van der Waals surface area contributed by atoms with Gasteiger partial charge < -0.3 is 15.2 Å². The van der Waals surface area contributed by atoms with Crippen LogP contribution in [0.3, 0.4) is 0 Å². The van der Waals surface area contributed by atoms with Gasteiger partial charge in [0.2, 0.25) is 5.91 Å². The Hall–Kier alpha value is -5.21. The maximum absolute atomic E-state index is 13.0. The van der Waals surface area contributed by atoms with Gasteiger partial charge in [-0.15, -0.1) is 0 Å². The van der Waals surface area contributed by atoms with E-state index in [1.807, 2.05) is 67.1 Å². The Morgan fingerprint density at radius 3 is 1.98 bits per heavy atom. The van der Waals surface area contributed by atoms with Crippen molar-refractivity contribution in [2.75, 3.05) is 10.6 Å². The summed E-state index contributed by atoms with van der Waals surface area (Å²) in [5.41, 5.74) is 6.32. The van der Waals surface area contributed by atoms with Gasteiger partial charge in [-0.05, 0) is 34.9 Å². The average Bonchev–Trinajstić information content (AvgIpc) is 3.47. The molecule has 0 fully saturated rings. The number of hydrogen-bond donors (Lipinski definition) is 4. The van der Waals surface area contributed by atoms with Crippen molar-refractivity contribution in [2.24, 2.45) is 0 Å². The number of carbonyl (C=O) groups is 2. The molecule has 0 saturated heterocycles. The number of carbonyl (C=O) groups excluding carboxylic acids is 2. The monoisotopic (exact) mass is 529 g/mol. The number of imidazole rings is 1. The molecule has 8 nitrogen and oxygen atoms in total. The molecule has 0 spiro atoms. The highest BCUT2D eigenvalue weighted by Gasteiger charge is 2.38. The number of nitrogens with one attached hydrogen (secondary N) is 3. The summed E-state index contributed by atoms with van der Waals surface area (Å²) in [7, 11) is 0. The zero-order valence-electron chi connectivity index (χ0n) is 21.5. The number of hydroxylamine groups is 1. The van der Waals surface area contributed by atoms with E-state index < -0.39 is 17.5 Å². The van der Waals surface area contributed by atoms with Gasteiger partial charge in [0.05, 0.1) is 23.4 Å². The normalized spacial score (nSPS) is 14.5. The number of fused-ring (bicyclic) bond motifs is 1. The maximum Gasteiger partial charge on any atom is 0.274 e. The number of amides is 2. The van der Waals surface area contributed by atoms with E-state index in [0.717, 1.165) is 22.4 Å². The van der Waals surface area contributed by atoms with Gasteiger partial charge >= 0.3 is 0 Å². The second kappa shape index (κ2) is 10.5. The fourth-order valence-electron chi connectivity index (χ4n) is 5.44. The smallest absolute Gasteiger partial charge is 0.274 e. The highest BCUT2D eigenvalue weighted by atomic mass is 16.5.